The number of ether oxygens (including phenoxy) is 1. The summed E-state index contributed by atoms with van der Waals surface area (Å²) >= 11 is 12.6. The summed E-state index contributed by atoms with van der Waals surface area (Å²) in [6.45, 7) is 2.95. The van der Waals surface area contributed by atoms with Gasteiger partial charge in [0.15, 0.2) is 0 Å². The van der Waals surface area contributed by atoms with Crippen LogP contribution >= 0.6 is 23.2 Å². The number of hydrogen-bond acceptors (Lipinski definition) is 3. The first-order chi connectivity index (χ1) is 13.5. The smallest absolute Gasteiger partial charge is 0.227 e. The number of piperidine rings is 1. The molecule has 28 heavy (non-hydrogen) atoms. The van der Waals surface area contributed by atoms with E-state index in [1.54, 1.807) is 7.11 Å². The lowest BCUT2D eigenvalue weighted by Crippen LogP contribution is -2.43. The first-order valence-corrected chi connectivity index (χ1v) is 10.3. The van der Waals surface area contributed by atoms with E-state index in [1.807, 2.05) is 54.4 Å². The van der Waals surface area contributed by atoms with E-state index < -0.39 is 0 Å². The van der Waals surface area contributed by atoms with E-state index in [0.717, 1.165) is 42.8 Å². The number of halogens is 2. The van der Waals surface area contributed by atoms with E-state index >= 15 is 0 Å². The summed E-state index contributed by atoms with van der Waals surface area (Å²) in [6.07, 6.45) is 1.91. The van der Waals surface area contributed by atoms with Gasteiger partial charge < -0.3 is 9.64 Å². The summed E-state index contributed by atoms with van der Waals surface area (Å²) in [7, 11) is 3.52. The molecule has 0 N–H and O–H groups in total. The van der Waals surface area contributed by atoms with Gasteiger partial charge in [0.05, 0.1) is 13.0 Å². The monoisotopic (exact) mass is 420 g/mol. The van der Waals surface area contributed by atoms with Crippen LogP contribution in [0.3, 0.4) is 0 Å². The third kappa shape index (κ3) is 5.19. The Hall–Kier alpha value is -1.75. The maximum atomic E-state index is 13.0. The van der Waals surface area contributed by atoms with Gasteiger partial charge >= 0.3 is 0 Å². The highest BCUT2D eigenvalue weighted by atomic mass is 35.5. The van der Waals surface area contributed by atoms with Crippen LogP contribution in [0, 0.1) is 5.92 Å². The van der Waals surface area contributed by atoms with Crippen LogP contribution in [0.1, 0.15) is 24.0 Å². The third-order valence-corrected chi connectivity index (χ3v) is 5.96. The number of hydrogen-bond donors (Lipinski definition) is 0. The average molecular weight is 421 g/mol. The van der Waals surface area contributed by atoms with Crippen LogP contribution in [0.25, 0.3) is 0 Å². The summed E-state index contributed by atoms with van der Waals surface area (Å²) < 4.78 is 5.19. The van der Waals surface area contributed by atoms with Crippen molar-refractivity contribution < 1.29 is 9.53 Å². The van der Waals surface area contributed by atoms with Crippen LogP contribution in [0.15, 0.2) is 42.5 Å². The lowest BCUT2D eigenvalue weighted by molar-refractivity contribution is -0.136. The standard InChI is InChI=1S/C22H26Cl2N2O2/c1-25(13-16-8-10-18(28-2)11-9-16)22(27)17-5-4-12-26(14-17)15-19-20(23)6-3-7-21(19)24/h3,6-11,17H,4-5,12-15H2,1-2H3. The number of likely N-dealkylation sites (tertiary alicyclic amines) is 1. The van der Waals surface area contributed by atoms with Gasteiger partial charge in [-0.3, -0.25) is 9.69 Å². The largest absolute Gasteiger partial charge is 0.497 e. The van der Waals surface area contributed by atoms with Gasteiger partial charge in [0.1, 0.15) is 5.75 Å². The van der Waals surface area contributed by atoms with E-state index in [4.69, 9.17) is 27.9 Å². The molecule has 1 aliphatic rings. The molecule has 150 valence electrons. The Labute approximate surface area is 177 Å². The molecule has 4 nitrogen and oxygen atoms in total. The van der Waals surface area contributed by atoms with Crippen LogP contribution in [-0.4, -0.2) is 43.0 Å². The highest BCUT2D eigenvalue weighted by Gasteiger charge is 2.28. The lowest BCUT2D eigenvalue weighted by Gasteiger charge is -2.34. The minimum absolute atomic E-state index is 0.00161. The Morgan fingerprint density at radius 1 is 1.18 bits per heavy atom. The van der Waals surface area contributed by atoms with E-state index in [9.17, 15) is 4.79 Å². The molecular weight excluding hydrogens is 395 g/mol. The normalized spacial score (nSPS) is 17.4. The molecule has 3 rings (SSSR count). The Kier molecular flexibility index (Phi) is 7.22. The van der Waals surface area contributed by atoms with Crippen molar-refractivity contribution in [3.05, 3.63) is 63.6 Å². The van der Waals surface area contributed by atoms with Crippen molar-refractivity contribution in [2.75, 3.05) is 27.2 Å². The Morgan fingerprint density at radius 3 is 2.50 bits per heavy atom. The van der Waals surface area contributed by atoms with Gasteiger partial charge in [-0.05, 0) is 49.2 Å². The van der Waals surface area contributed by atoms with Gasteiger partial charge in [0.2, 0.25) is 5.91 Å². The molecule has 1 unspecified atom stereocenters. The zero-order valence-electron chi connectivity index (χ0n) is 16.3. The van der Waals surface area contributed by atoms with Crippen LogP contribution in [0.2, 0.25) is 10.0 Å². The molecular formula is C22H26Cl2N2O2. The van der Waals surface area contributed by atoms with Gasteiger partial charge in [0, 0.05) is 42.3 Å². The van der Waals surface area contributed by atoms with E-state index in [1.165, 1.54) is 0 Å². The summed E-state index contributed by atoms with van der Waals surface area (Å²) in [4.78, 5) is 17.1. The lowest BCUT2D eigenvalue weighted by atomic mass is 9.96. The Balaban J connectivity index is 1.60. The molecule has 0 radical (unpaired) electrons. The molecule has 0 bridgehead atoms. The van der Waals surface area contributed by atoms with Crippen molar-refractivity contribution in [1.82, 2.24) is 9.80 Å². The van der Waals surface area contributed by atoms with E-state index in [0.29, 0.717) is 23.1 Å². The van der Waals surface area contributed by atoms with E-state index in [-0.39, 0.29) is 11.8 Å². The van der Waals surface area contributed by atoms with Crippen molar-refractivity contribution in [2.24, 2.45) is 5.92 Å². The third-order valence-electron chi connectivity index (χ3n) is 5.25. The van der Waals surface area contributed by atoms with Gasteiger partial charge in [-0.2, -0.15) is 0 Å². The number of nitrogens with zero attached hydrogens (tertiary/aromatic N) is 2. The molecule has 0 aromatic heterocycles. The highest BCUT2D eigenvalue weighted by Crippen LogP contribution is 2.28. The summed E-state index contributed by atoms with van der Waals surface area (Å²) in [6, 6.07) is 13.4. The predicted molar refractivity (Wildman–Crippen MR) is 114 cm³/mol. The Bertz CT molecular complexity index is 790. The second kappa shape index (κ2) is 9.64. The fourth-order valence-electron chi connectivity index (χ4n) is 3.70. The highest BCUT2D eigenvalue weighted by molar-refractivity contribution is 6.35. The quantitative estimate of drug-likeness (QED) is 0.667. The van der Waals surface area contributed by atoms with Crippen molar-refractivity contribution in [3.63, 3.8) is 0 Å². The average Bonchev–Trinajstić information content (AvgIpc) is 2.71. The maximum Gasteiger partial charge on any atom is 0.227 e. The number of amides is 1. The molecule has 0 spiro atoms. The summed E-state index contributed by atoms with van der Waals surface area (Å²) in [5, 5.41) is 1.36. The zero-order valence-corrected chi connectivity index (χ0v) is 17.8. The van der Waals surface area contributed by atoms with Crippen LogP contribution in [-0.2, 0) is 17.9 Å². The molecule has 1 heterocycles. The van der Waals surface area contributed by atoms with Crippen molar-refractivity contribution in [1.29, 1.82) is 0 Å². The number of benzene rings is 2. The first-order valence-electron chi connectivity index (χ1n) is 9.51. The number of carbonyl (C=O) groups is 1. The number of carbonyl (C=O) groups excluding carboxylic acids is 1. The van der Waals surface area contributed by atoms with Gasteiger partial charge in [-0.15, -0.1) is 0 Å². The maximum absolute atomic E-state index is 13.0. The molecule has 0 saturated carbocycles. The van der Waals surface area contributed by atoms with Gasteiger partial charge in [-0.1, -0.05) is 41.4 Å². The zero-order chi connectivity index (χ0) is 20.1. The molecule has 1 aliphatic heterocycles. The molecule has 1 fully saturated rings. The molecule has 1 amide bonds. The minimum atomic E-state index is -0.00161. The first kappa shape index (κ1) is 21.0. The van der Waals surface area contributed by atoms with Crippen LogP contribution in [0.5, 0.6) is 5.75 Å². The molecule has 1 atom stereocenters. The molecule has 6 heteroatoms. The molecule has 0 aliphatic carbocycles. The van der Waals surface area contributed by atoms with Crippen LogP contribution in [0.4, 0.5) is 0 Å². The summed E-state index contributed by atoms with van der Waals surface area (Å²) in [5.41, 5.74) is 2.03. The van der Waals surface area contributed by atoms with Gasteiger partial charge in [-0.25, -0.2) is 0 Å². The van der Waals surface area contributed by atoms with E-state index in [2.05, 4.69) is 4.90 Å². The second-order valence-electron chi connectivity index (χ2n) is 7.32. The van der Waals surface area contributed by atoms with Crippen molar-refractivity contribution in [2.45, 2.75) is 25.9 Å². The molecule has 2 aromatic rings. The fraction of sp³-hybridized carbons (Fsp3) is 0.409. The minimum Gasteiger partial charge on any atom is -0.497 e. The van der Waals surface area contributed by atoms with Crippen molar-refractivity contribution in [3.8, 4) is 5.75 Å². The summed E-state index contributed by atoms with van der Waals surface area (Å²) in [5.74, 6) is 1.00. The molecule has 1 saturated heterocycles. The van der Waals surface area contributed by atoms with Gasteiger partial charge in [0.25, 0.3) is 0 Å². The SMILES string of the molecule is COc1ccc(CN(C)C(=O)C2CCCN(Cc3c(Cl)cccc3Cl)C2)cc1. The fourth-order valence-corrected chi connectivity index (χ4v) is 4.22. The number of rotatable bonds is 6. The van der Waals surface area contributed by atoms with Crippen LogP contribution < -0.4 is 4.74 Å². The number of methoxy groups -OCH3 is 1. The Morgan fingerprint density at radius 2 is 1.86 bits per heavy atom. The predicted octanol–water partition coefficient (Wildman–Crippen LogP) is 4.87. The van der Waals surface area contributed by atoms with Crippen molar-refractivity contribution >= 4 is 29.1 Å². The second-order valence-corrected chi connectivity index (χ2v) is 8.13. The topological polar surface area (TPSA) is 32.8 Å². The molecule has 2 aromatic carbocycles.